The molecule has 1 aromatic carbocycles. The van der Waals surface area contributed by atoms with Crippen LogP contribution in [0.25, 0.3) is 10.9 Å². The first kappa shape index (κ1) is 17.5. The molecule has 0 aliphatic carbocycles. The lowest BCUT2D eigenvalue weighted by atomic mass is 10.1. The van der Waals surface area contributed by atoms with E-state index in [9.17, 15) is 5.11 Å². The van der Waals surface area contributed by atoms with Gasteiger partial charge < -0.3 is 15.3 Å². The standard InChI is InChI=1S/C19H29N3O/c1-14(2)12-22(13-15(3)4)10-9-21-19-7-8-20-18-6-5-16(23)11-17(18)19/h5-8,11,14-15,23H,9-10,12-13H2,1-4H3,(H,20,21). The molecule has 0 aliphatic heterocycles. The van der Waals surface area contributed by atoms with Gasteiger partial charge in [0.1, 0.15) is 5.75 Å². The van der Waals surface area contributed by atoms with E-state index in [1.54, 1.807) is 12.1 Å². The minimum absolute atomic E-state index is 0.273. The molecule has 2 aromatic rings. The van der Waals surface area contributed by atoms with Crippen LogP contribution in [0, 0.1) is 11.8 Å². The van der Waals surface area contributed by atoms with Crippen molar-refractivity contribution in [3.8, 4) is 5.75 Å². The van der Waals surface area contributed by atoms with Crippen LogP contribution in [0.15, 0.2) is 30.5 Å². The van der Waals surface area contributed by atoms with Gasteiger partial charge >= 0.3 is 0 Å². The molecule has 126 valence electrons. The van der Waals surface area contributed by atoms with Crippen molar-refractivity contribution in [3.63, 3.8) is 0 Å². The van der Waals surface area contributed by atoms with Crippen LogP contribution < -0.4 is 5.32 Å². The Morgan fingerprint density at radius 1 is 1.09 bits per heavy atom. The number of nitrogens with one attached hydrogen (secondary N) is 1. The van der Waals surface area contributed by atoms with Crippen LogP contribution >= 0.6 is 0 Å². The molecule has 0 fully saturated rings. The van der Waals surface area contributed by atoms with E-state index in [0.717, 1.165) is 42.8 Å². The molecule has 4 heteroatoms. The van der Waals surface area contributed by atoms with Crippen LogP contribution in [-0.4, -0.2) is 41.2 Å². The Hall–Kier alpha value is -1.81. The highest BCUT2D eigenvalue weighted by Crippen LogP contribution is 2.25. The van der Waals surface area contributed by atoms with Crippen LogP contribution in [0.2, 0.25) is 0 Å². The summed E-state index contributed by atoms with van der Waals surface area (Å²) in [5.41, 5.74) is 1.92. The fourth-order valence-corrected chi connectivity index (χ4v) is 2.93. The number of anilines is 1. The summed E-state index contributed by atoms with van der Waals surface area (Å²) in [5.74, 6) is 1.62. The molecule has 0 radical (unpaired) electrons. The quantitative estimate of drug-likeness (QED) is 0.774. The number of fused-ring (bicyclic) bond motifs is 1. The third kappa shape index (κ3) is 5.39. The number of aromatic nitrogens is 1. The lowest BCUT2D eigenvalue weighted by Crippen LogP contribution is -2.35. The van der Waals surface area contributed by atoms with Crippen molar-refractivity contribution < 1.29 is 5.11 Å². The van der Waals surface area contributed by atoms with Gasteiger partial charge in [0.15, 0.2) is 0 Å². The van der Waals surface area contributed by atoms with Gasteiger partial charge in [-0.25, -0.2) is 0 Å². The van der Waals surface area contributed by atoms with E-state index in [4.69, 9.17) is 0 Å². The van der Waals surface area contributed by atoms with Crippen molar-refractivity contribution in [1.82, 2.24) is 9.88 Å². The Balaban J connectivity index is 2.01. The Kier molecular flexibility index (Phi) is 6.22. The topological polar surface area (TPSA) is 48.4 Å². The number of hydrogen-bond donors (Lipinski definition) is 2. The van der Waals surface area contributed by atoms with Gasteiger partial charge in [-0.15, -0.1) is 0 Å². The molecule has 0 saturated heterocycles. The summed E-state index contributed by atoms with van der Waals surface area (Å²) in [5, 5.41) is 14.2. The van der Waals surface area contributed by atoms with E-state index in [0.29, 0.717) is 11.8 Å². The number of nitrogens with zero attached hydrogens (tertiary/aromatic N) is 2. The molecule has 0 saturated carbocycles. The van der Waals surface area contributed by atoms with Gasteiger partial charge in [-0.1, -0.05) is 27.7 Å². The highest BCUT2D eigenvalue weighted by atomic mass is 16.3. The summed E-state index contributed by atoms with van der Waals surface area (Å²) in [6, 6.07) is 7.26. The fraction of sp³-hybridized carbons (Fsp3) is 0.526. The zero-order valence-electron chi connectivity index (χ0n) is 14.7. The van der Waals surface area contributed by atoms with Gasteiger partial charge in [-0.2, -0.15) is 0 Å². The zero-order valence-corrected chi connectivity index (χ0v) is 14.7. The molecule has 1 heterocycles. The third-order valence-electron chi connectivity index (χ3n) is 3.72. The predicted octanol–water partition coefficient (Wildman–Crippen LogP) is 3.97. The van der Waals surface area contributed by atoms with E-state index in [1.165, 1.54) is 0 Å². The average Bonchev–Trinajstić information content (AvgIpc) is 2.46. The van der Waals surface area contributed by atoms with Crippen molar-refractivity contribution >= 4 is 16.6 Å². The van der Waals surface area contributed by atoms with Crippen LogP contribution in [0.4, 0.5) is 5.69 Å². The Morgan fingerprint density at radius 3 is 2.43 bits per heavy atom. The zero-order chi connectivity index (χ0) is 16.8. The summed E-state index contributed by atoms with van der Waals surface area (Å²) in [4.78, 5) is 6.86. The molecular formula is C19H29N3O. The maximum Gasteiger partial charge on any atom is 0.116 e. The second-order valence-electron chi connectivity index (χ2n) is 7.03. The van der Waals surface area contributed by atoms with Gasteiger partial charge in [0, 0.05) is 43.4 Å². The van der Waals surface area contributed by atoms with Crippen LogP contribution in [0.3, 0.4) is 0 Å². The molecule has 1 aromatic heterocycles. The summed E-state index contributed by atoms with van der Waals surface area (Å²) >= 11 is 0. The van der Waals surface area contributed by atoms with Gasteiger partial charge in [0.2, 0.25) is 0 Å². The smallest absolute Gasteiger partial charge is 0.116 e. The minimum Gasteiger partial charge on any atom is -0.508 e. The van der Waals surface area contributed by atoms with E-state index in [-0.39, 0.29) is 5.75 Å². The SMILES string of the molecule is CC(C)CN(CCNc1ccnc2ccc(O)cc12)CC(C)C. The molecule has 23 heavy (non-hydrogen) atoms. The molecule has 4 nitrogen and oxygen atoms in total. The third-order valence-corrected chi connectivity index (χ3v) is 3.72. The maximum absolute atomic E-state index is 9.70. The summed E-state index contributed by atoms with van der Waals surface area (Å²) in [6.07, 6.45) is 1.81. The molecule has 0 amide bonds. The molecule has 0 bridgehead atoms. The van der Waals surface area contributed by atoms with E-state index < -0.39 is 0 Å². The number of phenols is 1. The van der Waals surface area contributed by atoms with E-state index in [2.05, 4.69) is 42.9 Å². The molecule has 2 rings (SSSR count). The van der Waals surface area contributed by atoms with Crippen LogP contribution in [0.5, 0.6) is 5.75 Å². The monoisotopic (exact) mass is 315 g/mol. The first-order chi connectivity index (χ1) is 11.0. The van der Waals surface area contributed by atoms with Crippen molar-refractivity contribution in [2.24, 2.45) is 11.8 Å². The fourth-order valence-electron chi connectivity index (χ4n) is 2.93. The van der Waals surface area contributed by atoms with Crippen molar-refractivity contribution in [3.05, 3.63) is 30.5 Å². The molecular weight excluding hydrogens is 286 g/mol. The molecule has 0 atom stereocenters. The summed E-state index contributed by atoms with van der Waals surface area (Å²) in [6.45, 7) is 13.2. The molecule has 0 spiro atoms. The predicted molar refractivity (Wildman–Crippen MR) is 98.0 cm³/mol. The van der Waals surface area contributed by atoms with E-state index >= 15 is 0 Å². The second-order valence-corrected chi connectivity index (χ2v) is 7.03. The Morgan fingerprint density at radius 2 is 1.78 bits per heavy atom. The average molecular weight is 315 g/mol. The largest absolute Gasteiger partial charge is 0.508 e. The van der Waals surface area contributed by atoms with Crippen molar-refractivity contribution in [2.75, 3.05) is 31.5 Å². The summed E-state index contributed by atoms with van der Waals surface area (Å²) < 4.78 is 0. The Bertz CT molecular complexity index is 615. The number of phenolic OH excluding ortho intramolecular Hbond substituents is 1. The first-order valence-electron chi connectivity index (χ1n) is 8.49. The molecule has 0 unspecified atom stereocenters. The number of pyridine rings is 1. The van der Waals surface area contributed by atoms with Gasteiger partial charge in [0.25, 0.3) is 0 Å². The van der Waals surface area contributed by atoms with Gasteiger partial charge in [0.05, 0.1) is 5.52 Å². The molecule has 0 aliphatic rings. The van der Waals surface area contributed by atoms with Crippen molar-refractivity contribution in [2.45, 2.75) is 27.7 Å². The normalized spacial score (nSPS) is 11.8. The number of benzene rings is 1. The molecule has 2 N–H and O–H groups in total. The number of rotatable bonds is 8. The first-order valence-corrected chi connectivity index (χ1v) is 8.49. The number of aromatic hydroxyl groups is 1. The highest BCUT2D eigenvalue weighted by molar-refractivity contribution is 5.91. The maximum atomic E-state index is 9.70. The minimum atomic E-state index is 0.273. The lowest BCUT2D eigenvalue weighted by molar-refractivity contribution is 0.227. The summed E-state index contributed by atoms with van der Waals surface area (Å²) in [7, 11) is 0. The number of hydrogen-bond acceptors (Lipinski definition) is 4. The van der Waals surface area contributed by atoms with Gasteiger partial charge in [-0.05, 0) is 36.1 Å². The Labute approximate surface area is 139 Å². The van der Waals surface area contributed by atoms with Gasteiger partial charge in [-0.3, -0.25) is 4.98 Å². The van der Waals surface area contributed by atoms with E-state index in [1.807, 2.05) is 18.3 Å². The van der Waals surface area contributed by atoms with Crippen LogP contribution in [0.1, 0.15) is 27.7 Å². The van der Waals surface area contributed by atoms with Crippen LogP contribution in [-0.2, 0) is 0 Å². The van der Waals surface area contributed by atoms with Crippen molar-refractivity contribution in [1.29, 1.82) is 0 Å². The lowest BCUT2D eigenvalue weighted by Gasteiger charge is -2.26. The second kappa shape index (κ2) is 8.16. The highest BCUT2D eigenvalue weighted by Gasteiger charge is 2.09.